The Labute approximate surface area is 148 Å². The number of hydrogen-bond donors (Lipinski definition) is 2. The van der Waals surface area contributed by atoms with Crippen LogP contribution >= 0.6 is 11.8 Å². The number of carbonyl (C=O) groups is 1. The van der Waals surface area contributed by atoms with Gasteiger partial charge in [-0.15, -0.1) is 11.8 Å². The highest BCUT2D eigenvalue weighted by Crippen LogP contribution is 2.38. The molecule has 2 aromatic heterocycles. The zero-order chi connectivity index (χ0) is 17.4. The Morgan fingerprint density at radius 2 is 2.32 bits per heavy atom. The molecule has 4 rings (SSSR count). The summed E-state index contributed by atoms with van der Waals surface area (Å²) in [5, 5.41) is 10.5. The van der Waals surface area contributed by atoms with Crippen molar-refractivity contribution in [1.29, 1.82) is 0 Å². The molecule has 3 heterocycles. The number of pyridine rings is 1. The monoisotopic (exact) mass is 355 g/mol. The van der Waals surface area contributed by atoms with Crippen molar-refractivity contribution in [2.45, 2.75) is 4.90 Å². The van der Waals surface area contributed by atoms with E-state index in [2.05, 4.69) is 31.5 Å². The second kappa shape index (κ2) is 6.29. The Morgan fingerprint density at radius 1 is 1.44 bits per heavy atom. The average Bonchev–Trinajstić information content (AvgIpc) is 3.11. The molecule has 0 fully saturated rings. The third-order valence-electron chi connectivity index (χ3n) is 4.21. The molecule has 0 unspecified atom stereocenters. The summed E-state index contributed by atoms with van der Waals surface area (Å²) in [7, 11) is 2.00. The number of thioether (sulfide) groups is 1. The van der Waals surface area contributed by atoms with E-state index in [4.69, 9.17) is 4.74 Å². The van der Waals surface area contributed by atoms with Gasteiger partial charge < -0.3 is 15.0 Å². The second-order valence-electron chi connectivity index (χ2n) is 5.74. The highest BCUT2D eigenvalue weighted by atomic mass is 32.2. The molecular formula is C17H17N5O2S. The predicted octanol–water partition coefficient (Wildman–Crippen LogP) is 2.76. The summed E-state index contributed by atoms with van der Waals surface area (Å²) in [4.78, 5) is 20.3. The number of hydrogen-bond acceptors (Lipinski definition) is 6. The van der Waals surface area contributed by atoms with Gasteiger partial charge in [0.15, 0.2) is 11.4 Å². The number of fused-ring (bicyclic) bond motifs is 2. The van der Waals surface area contributed by atoms with Gasteiger partial charge >= 0.3 is 0 Å². The van der Waals surface area contributed by atoms with Gasteiger partial charge in [0.05, 0.1) is 35.1 Å². The average molecular weight is 355 g/mol. The van der Waals surface area contributed by atoms with Crippen molar-refractivity contribution in [3.63, 3.8) is 0 Å². The molecule has 8 heteroatoms. The fourth-order valence-electron chi connectivity index (χ4n) is 2.86. The van der Waals surface area contributed by atoms with Crippen molar-refractivity contribution >= 4 is 40.1 Å². The summed E-state index contributed by atoms with van der Waals surface area (Å²) in [6, 6.07) is 5.68. The first-order chi connectivity index (χ1) is 12.2. The van der Waals surface area contributed by atoms with Gasteiger partial charge in [-0.1, -0.05) is 0 Å². The van der Waals surface area contributed by atoms with Gasteiger partial charge in [0.2, 0.25) is 0 Å². The molecule has 1 amide bonds. The highest BCUT2D eigenvalue weighted by molar-refractivity contribution is 7.98. The molecule has 0 atom stereocenters. The van der Waals surface area contributed by atoms with E-state index in [0.29, 0.717) is 29.3 Å². The van der Waals surface area contributed by atoms with E-state index in [1.54, 1.807) is 30.2 Å². The number of nitrogens with one attached hydrogen (secondary N) is 2. The summed E-state index contributed by atoms with van der Waals surface area (Å²) in [6.45, 7) is 1.36. The zero-order valence-electron chi connectivity index (χ0n) is 13.9. The molecule has 0 saturated carbocycles. The molecule has 1 aliphatic rings. The van der Waals surface area contributed by atoms with E-state index < -0.39 is 0 Å². The number of H-pyrrole nitrogens is 1. The molecule has 25 heavy (non-hydrogen) atoms. The lowest BCUT2D eigenvalue weighted by atomic mass is 10.1. The summed E-state index contributed by atoms with van der Waals surface area (Å²) in [5.74, 6) is 0.415. The van der Waals surface area contributed by atoms with E-state index in [9.17, 15) is 4.79 Å². The second-order valence-corrected chi connectivity index (χ2v) is 6.62. The highest BCUT2D eigenvalue weighted by Gasteiger charge is 2.24. The number of nitrogens with zero attached hydrogens (tertiary/aromatic N) is 3. The van der Waals surface area contributed by atoms with Gasteiger partial charge in [0.25, 0.3) is 5.91 Å². The Morgan fingerprint density at radius 3 is 3.16 bits per heavy atom. The van der Waals surface area contributed by atoms with Crippen LogP contribution in [0.5, 0.6) is 5.75 Å². The molecule has 0 spiro atoms. The van der Waals surface area contributed by atoms with Crippen LogP contribution in [0.1, 0.15) is 10.4 Å². The maximum absolute atomic E-state index is 13.0. The van der Waals surface area contributed by atoms with Crippen LogP contribution in [-0.2, 0) is 0 Å². The first kappa shape index (κ1) is 15.8. The largest absolute Gasteiger partial charge is 0.489 e. The van der Waals surface area contributed by atoms with Gasteiger partial charge in [-0.2, -0.15) is 5.10 Å². The van der Waals surface area contributed by atoms with Crippen LogP contribution in [-0.4, -0.2) is 47.5 Å². The van der Waals surface area contributed by atoms with Gasteiger partial charge in [-0.3, -0.25) is 9.89 Å². The number of ether oxygens (including phenoxy) is 1. The van der Waals surface area contributed by atoms with Crippen LogP contribution in [0, 0.1) is 0 Å². The van der Waals surface area contributed by atoms with Crippen molar-refractivity contribution in [2.24, 2.45) is 0 Å². The molecule has 1 aliphatic heterocycles. The van der Waals surface area contributed by atoms with E-state index in [1.165, 1.54) is 0 Å². The molecule has 0 aliphatic carbocycles. The maximum Gasteiger partial charge on any atom is 0.259 e. The molecular weight excluding hydrogens is 338 g/mol. The molecule has 0 radical (unpaired) electrons. The van der Waals surface area contributed by atoms with Crippen molar-refractivity contribution < 1.29 is 9.53 Å². The quantitative estimate of drug-likeness (QED) is 0.703. The summed E-state index contributed by atoms with van der Waals surface area (Å²) >= 11 is 1.60. The van der Waals surface area contributed by atoms with Crippen LogP contribution in [0.3, 0.4) is 0 Å². The standard InChI is InChI=1S/C17H17N5O2S/c1-22-5-6-24-15-11(7-10(25-2)8-14(15)22)17(23)20-13-3-4-18-16-12(13)9-19-21-16/h3-4,7-9H,5-6H2,1-2H3,(H2,18,19,20,21,23). The Balaban J connectivity index is 1.75. The number of aromatic amines is 1. The minimum absolute atomic E-state index is 0.212. The smallest absolute Gasteiger partial charge is 0.259 e. The number of benzene rings is 1. The lowest BCUT2D eigenvalue weighted by molar-refractivity contribution is 0.102. The number of aromatic nitrogens is 3. The van der Waals surface area contributed by atoms with Crippen molar-refractivity contribution in [2.75, 3.05) is 36.7 Å². The first-order valence-corrected chi connectivity index (χ1v) is 9.05. The normalized spacial score (nSPS) is 13.4. The molecule has 0 saturated heterocycles. The topological polar surface area (TPSA) is 83.1 Å². The molecule has 0 bridgehead atoms. The van der Waals surface area contributed by atoms with Crippen molar-refractivity contribution in [3.8, 4) is 5.75 Å². The minimum atomic E-state index is -0.212. The SMILES string of the molecule is CSc1cc(C(=O)Nc2ccnc3[nH]ncc23)c2c(c1)N(C)CCO2. The Kier molecular flexibility index (Phi) is 3.96. The number of likely N-dealkylation sites (N-methyl/N-ethyl adjacent to an activating group) is 1. The Bertz CT molecular complexity index is 955. The summed E-state index contributed by atoms with van der Waals surface area (Å²) < 4.78 is 5.81. The summed E-state index contributed by atoms with van der Waals surface area (Å²) in [6.07, 6.45) is 5.27. The lowest BCUT2D eigenvalue weighted by Crippen LogP contribution is -2.30. The van der Waals surface area contributed by atoms with E-state index in [0.717, 1.165) is 22.5 Å². The van der Waals surface area contributed by atoms with Crippen molar-refractivity contribution in [1.82, 2.24) is 15.2 Å². The fraction of sp³-hybridized carbons (Fsp3) is 0.235. The number of carbonyl (C=O) groups excluding carboxylic acids is 1. The van der Waals surface area contributed by atoms with E-state index in [1.807, 2.05) is 19.4 Å². The molecule has 3 aromatic rings. The predicted molar refractivity (Wildman–Crippen MR) is 98.8 cm³/mol. The number of rotatable bonds is 3. The minimum Gasteiger partial charge on any atom is -0.489 e. The number of amides is 1. The van der Waals surface area contributed by atoms with Crippen LogP contribution in [0.25, 0.3) is 11.0 Å². The third kappa shape index (κ3) is 2.78. The van der Waals surface area contributed by atoms with Crippen LogP contribution < -0.4 is 15.0 Å². The molecule has 128 valence electrons. The Hall–Kier alpha value is -2.74. The molecule has 1 aromatic carbocycles. The molecule has 2 N–H and O–H groups in total. The lowest BCUT2D eigenvalue weighted by Gasteiger charge is -2.29. The van der Waals surface area contributed by atoms with Gasteiger partial charge in [0, 0.05) is 18.1 Å². The first-order valence-electron chi connectivity index (χ1n) is 7.83. The van der Waals surface area contributed by atoms with Crippen LogP contribution in [0.2, 0.25) is 0 Å². The van der Waals surface area contributed by atoms with Crippen LogP contribution in [0.15, 0.2) is 35.5 Å². The van der Waals surface area contributed by atoms with E-state index in [-0.39, 0.29) is 5.91 Å². The fourth-order valence-corrected chi connectivity index (χ4v) is 3.33. The third-order valence-corrected chi connectivity index (χ3v) is 4.92. The molecule has 7 nitrogen and oxygen atoms in total. The summed E-state index contributed by atoms with van der Waals surface area (Å²) in [5.41, 5.74) is 2.76. The van der Waals surface area contributed by atoms with Gasteiger partial charge in [-0.05, 0) is 24.5 Å². The number of anilines is 2. The van der Waals surface area contributed by atoms with E-state index >= 15 is 0 Å². The van der Waals surface area contributed by atoms with Crippen LogP contribution in [0.4, 0.5) is 11.4 Å². The zero-order valence-corrected chi connectivity index (χ0v) is 14.7. The van der Waals surface area contributed by atoms with Crippen molar-refractivity contribution in [3.05, 3.63) is 36.2 Å². The van der Waals surface area contributed by atoms with Gasteiger partial charge in [-0.25, -0.2) is 4.98 Å². The van der Waals surface area contributed by atoms with Gasteiger partial charge in [0.1, 0.15) is 6.61 Å². The maximum atomic E-state index is 13.0.